The Kier molecular flexibility index (Phi) is 8.45. The Labute approximate surface area is 216 Å². The monoisotopic (exact) mass is 512 g/mol. The molecule has 2 aromatic rings. The fourth-order valence-electron chi connectivity index (χ4n) is 4.77. The molecule has 0 radical (unpaired) electrons. The summed E-state index contributed by atoms with van der Waals surface area (Å²) in [6, 6.07) is 10.2. The summed E-state index contributed by atoms with van der Waals surface area (Å²) in [5, 5.41) is 11.3. The SMILES string of the molecule is COc1ccccc1[C@H]1/C(=C(\O)c2ccc(OC(C)C)c(F)c2)C(=O)C(=O)N1CCCN1CCOCC1. The summed E-state index contributed by atoms with van der Waals surface area (Å²) in [7, 11) is 1.51. The number of benzene rings is 2. The summed E-state index contributed by atoms with van der Waals surface area (Å²) in [6.07, 6.45) is 0.400. The van der Waals surface area contributed by atoms with E-state index in [4.69, 9.17) is 14.2 Å². The van der Waals surface area contributed by atoms with E-state index in [0.29, 0.717) is 37.5 Å². The number of aliphatic hydroxyl groups excluding tert-OH is 1. The predicted octanol–water partition coefficient (Wildman–Crippen LogP) is 3.77. The topological polar surface area (TPSA) is 88.5 Å². The lowest BCUT2D eigenvalue weighted by atomic mass is 9.94. The Morgan fingerprint density at radius 2 is 1.84 bits per heavy atom. The third kappa shape index (κ3) is 5.78. The zero-order valence-electron chi connectivity index (χ0n) is 21.4. The number of hydrogen-bond acceptors (Lipinski definition) is 7. The van der Waals surface area contributed by atoms with Gasteiger partial charge in [0.1, 0.15) is 11.5 Å². The molecule has 2 saturated heterocycles. The third-order valence-electron chi connectivity index (χ3n) is 6.52. The van der Waals surface area contributed by atoms with E-state index in [1.54, 1.807) is 38.1 Å². The van der Waals surface area contributed by atoms with E-state index in [-0.39, 0.29) is 23.0 Å². The molecule has 198 valence electrons. The Bertz CT molecular complexity index is 1180. The highest BCUT2D eigenvalue weighted by Crippen LogP contribution is 2.43. The van der Waals surface area contributed by atoms with Crippen LogP contribution in [0.3, 0.4) is 0 Å². The molecular weight excluding hydrogens is 479 g/mol. The number of carbonyl (C=O) groups excluding carboxylic acids is 2. The molecule has 0 bridgehead atoms. The number of nitrogens with zero attached hydrogens (tertiary/aromatic N) is 2. The number of ether oxygens (including phenoxy) is 3. The number of para-hydroxylation sites is 1. The second-order valence-corrected chi connectivity index (χ2v) is 9.35. The van der Waals surface area contributed by atoms with Gasteiger partial charge in [0.25, 0.3) is 11.7 Å². The van der Waals surface area contributed by atoms with Crippen LogP contribution in [0.4, 0.5) is 4.39 Å². The van der Waals surface area contributed by atoms with Crippen molar-refractivity contribution in [3.8, 4) is 11.5 Å². The largest absolute Gasteiger partial charge is 0.507 e. The molecule has 0 unspecified atom stereocenters. The average molecular weight is 513 g/mol. The van der Waals surface area contributed by atoms with Gasteiger partial charge in [-0.3, -0.25) is 14.5 Å². The highest BCUT2D eigenvalue weighted by molar-refractivity contribution is 6.46. The summed E-state index contributed by atoms with van der Waals surface area (Å²) in [5.74, 6) is -2.13. The minimum Gasteiger partial charge on any atom is -0.507 e. The first-order chi connectivity index (χ1) is 17.8. The summed E-state index contributed by atoms with van der Waals surface area (Å²) in [6.45, 7) is 7.58. The van der Waals surface area contributed by atoms with Gasteiger partial charge in [0, 0.05) is 37.3 Å². The number of rotatable bonds is 9. The van der Waals surface area contributed by atoms with Crippen molar-refractivity contribution in [2.24, 2.45) is 0 Å². The second kappa shape index (κ2) is 11.7. The van der Waals surface area contributed by atoms with E-state index in [1.807, 2.05) is 0 Å². The van der Waals surface area contributed by atoms with Crippen molar-refractivity contribution in [3.63, 3.8) is 0 Å². The van der Waals surface area contributed by atoms with Crippen molar-refractivity contribution in [1.29, 1.82) is 0 Å². The molecule has 2 fully saturated rings. The summed E-state index contributed by atoms with van der Waals surface area (Å²) in [4.78, 5) is 30.2. The van der Waals surface area contributed by atoms with Gasteiger partial charge < -0.3 is 24.2 Å². The summed E-state index contributed by atoms with van der Waals surface area (Å²) < 4.78 is 31.1. The molecule has 2 aromatic carbocycles. The Balaban J connectivity index is 1.71. The number of methoxy groups -OCH3 is 1. The minimum atomic E-state index is -0.879. The zero-order valence-corrected chi connectivity index (χ0v) is 21.4. The van der Waals surface area contributed by atoms with Crippen LogP contribution in [0.5, 0.6) is 11.5 Å². The first-order valence-electron chi connectivity index (χ1n) is 12.5. The molecule has 2 heterocycles. The van der Waals surface area contributed by atoms with Crippen LogP contribution in [0.15, 0.2) is 48.0 Å². The number of likely N-dealkylation sites (tertiary alicyclic amines) is 1. The van der Waals surface area contributed by atoms with Crippen LogP contribution in [-0.2, 0) is 14.3 Å². The maximum absolute atomic E-state index is 14.7. The van der Waals surface area contributed by atoms with Gasteiger partial charge >= 0.3 is 0 Å². The predicted molar refractivity (Wildman–Crippen MR) is 136 cm³/mol. The van der Waals surface area contributed by atoms with E-state index in [1.165, 1.54) is 24.1 Å². The first kappa shape index (κ1) is 26.6. The Morgan fingerprint density at radius 1 is 1.11 bits per heavy atom. The molecule has 0 saturated carbocycles. The van der Waals surface area contributed by atoms with Crippen LogP contribution in [0.1, 0.15) is 37.4 Å². The number of hydrogen-bond donors (Lipinski definition) is 1. The van der Waals surface area contributed by atoms with E-state index in [9.17, 15) is 19.1 Å². The normalized spacial score (nSPS) is 20.0. The molecule has 1 N–H and O–H groups in total. The smallest absolute Gasteiger partial charge is 0.295 e. The molecule has 9 heteroatoms. The van der Waals surface area contributed by atoms with Crippen molar-refractivity contribution >= 4 is 17.4 Å². The highest BCUT2D eigenvalue weighted by Gasteiger charge is 2.46. The number of amides is 1. The fourth-order valence-corrected chi connectivity index (χ4v) is 4.77. The van der Waals surface area contributed by atoms with Crippen molar-refractivity contribution < 1.29 is 33.3 Å². The standard InChI is InChI=1S/C28H33FN2O6/c1-18(2)37-23-10-9-19(17-21(23)29)26(32)24-25(20-7-4-5-8-22(20)35-3)31(28(34)27(24)33)12-6-11-30-13-15-36-16-14-30/h4-5,7-10,17-18,25,32H,6,11-16H2,1-3H3/b26-24+/t25-/m0/s1. The van der Waals surface area contributed by atoms with Crippen LogP contribution < -0.4 is 9.47 Å². The van der Waals surface area contributed by atoms with Gasteiger partial charge in [0.15, 0.2) is 11.6 Å². The molecule has 0 aromatic heterocycles. The average Bonchev–Trinajstić information content (AvgIpc) is 3.14. The molecule has 0 spiro atoms. The molecule has 8 nitrogen and oxygen atoms in total. The molecule has 4 rings (SSSR count). The van der Waals surface area contributed by atoms with Crippen molar-refractivity contribution in [2.75, 3.05) is 46.5 Å². The second-order valence-electron chi connectivity index (χ2n) is 9.35. The lowest BCUT2D eigenvalue weighted by molar-refractivity contribution is -0.140. The van der Waals surface area contributed by atoms with E-state index in [0.717, 1.165) is 25.7 Å². The van der Waals surface area contributed by atoms with Crippen LogP contribution in [-0.4, -0.2) is 79.2 Å². The summed E-state index contributed by atoms with van der Waals surface area (Å²) in [5.41, 5.74) is 0.551. The number of Topliss-reactive ketones (excluding diaryl/α,β-unsaturated/α-hetero) is 1. The van der Waals surface area contributed by atoms with E-state index < -0.39 is 29.3 Å². The molecule has 2 aliphatic heterocycles. The van der Waals surface area contributed by atoms with Crippen LogP contribution in [0.25, 0.3) is 5.76 Å². The fraction of sp³-hybridized carbons (Fsp3) is 0.429. The number of halogens is 1. The molecular formula is C28H33FN2O6. The van der Waals surface area contributed by atoms with Crippen LogP contribution >= 0.6 is 0 Å². The lowest BCUT2D eigenvalue weighted by Gasteiger charge is -2.29. The zero-order chi connectivity index (χ0) is 26.5. The maximum atomic E-state index is 14.7. The van der Waals surface area contributed by atoms with Crippen molar-refractivity contribution in [2.45, 2.75) is 32.4 Å². The molecule has 1 amide bonds. The van der Waals surface area contributed by atoms with Crippen LogP contribution in [0.2, 0.25) is 0 Å². The third-order valence-corrected chi connectivity index (χ3v) is 6.52. The maximum Gasteiger partial charge on any atom is 0.295 e. The molecule has 0 aliphatic carbocycles. The van der Waals surface area contributed by atoms with Crippen molar-refractivity contribution in [1.82, 2.24) is 9.80 Å². The summed E-state index contributed by atoms with van der Waals surface area (Å²) >= 11 is 0. The van der Waals surface area contributed by atoms with Gasteiger partial charge in [0.2, 0.25) is 0 Å². The number of morpholine rings is 1. The molecule has 2 aliphatic rings. The van der Waals surface area contributed by atoms with Gasteiger partial charge in [-0.2, -0.15) is 0 Å². The van der Waals surface area contributed by atoms with Gasteiger partial charge in [-0.15, -0.1) is 0 Å². The highest BCUT2D eigenvalue weighted by atomic mass is 19.1. The number of carbonyl (C=O) groups is 2. The van der Waals surface area contributed by atoms with E-state index >= 15 is 0 Å². The lowest BCUT2D eigenvalue weighted by Crippen LogP contribution is -2.39. The van der Waals surface area contributed by atoms with Gasteiger partial charge in [-0.25, -0.2) is 4.39 Å². The van der Waals surface area contributed by atoms with Crippen molar-refractivity contribution in [3.05, 3.63) is 65.0 Å². The minimum absolute atomic E-state index is 0.0383. The van der Waals surface area contributed by atoms with Gasteiger partial charge in [0.05, 0.1) is 38.0 Å². The molecule has 1 atom stereocenters. The molecule has 37 heavy (non-hydrogen) atoms. The first-order valence-corrected chi connectivity index (χ1v) is 12.5. The van der Waals surface area contributed by atoms with Gasteiger partial charge in [-0.1, -0.05) is 18.2 Å². The quantitative estimate of drug-likeness (QED) is 0.311. The number of ketones is 1. The number of aliphatic hydroxyl groups is 1. The van der Waals surface area contributed by atoms with Crippen LogP contribution in [0, 0.1) is 5.82 Å². The van der Waals surface area contributed by atoms with E-state index in [2.05, 4.69) is 4.90 Å². The Morgan fingerprint density at radius 3 is 2.51 bits per heavy atom. The Hall–Kier alpha value is -3.43. The van der Waals surface area contributed by atoms with Gasteiger partial charge in [-0.05, 0) is 44.5 Å².